The maximum atomic E-state index is 5.35. The molecule has 0 saturated carbocycles. The Morgan fingerprint density at radius 1 is 1.26 bits per heavy atom. The Kier molecular flexibility index (Phi) is 4.51. The van der Waals surface area contributed by atoms with Gasteiger partial charge in [-0.1, -0.05) is 0 Å². The van der Waals surface area contributed by atoms with Crippen LogP contribution in [0.1, 0.15) is 17.6 Å². The smallest absolute Gasteiger partial charge is 0.204 e. The molecule has 0 saturated heterocycles. The topological polar surface area (TPSA) is 72.0 Å². The quantitative estimate of drug-likeness (QED) is 0.845. The van der Waals surface area contributed by atoms with Crippen molar-refractivity contribution in [3.63, 3.8) is 0 Å². The number of hydrogen-bond acceptors (Lipinski definition) is 7. The third kappa shape index (κ3) is 3.31. The molecule has 0 aliphatic heterocycles. The van der Waals surface area contributed by atoms with Gasteiger partial charge in [0.05, 0.1) is 24.4 Å². The van der Waals surface area contributed by atoms with Gasteiger partial charge >= 0.3 is 0 Å². The summed E-state index contributed by atoms with van der Waals surface area (Å²) in [6, 6.07) is 0. The van der Waals surface area contributed by atoms with Crippen molar-refractivity contribution in [1.29, 1.82) is 0 Å². The summed E-state index contributed by atoms with van der Waals surface area (Å²) in [6.45, 7) is 5.39. The van der Waals surface area contributed by atoms with Gasteiger partial charge in [0.15, 0.2) is 11.6 Å². The number of anilines is 2. The minimum absolute atomic E-state index is 0.614. The van der Waals surface area contributed by atoms with Crippen LogP contribution in [0.2, 0.25) is 0 Å². The summed E-state index contributed by atoms with van der Waals surface area (Å²) in [4.78, 5) is 12.8. The first-order chi connectivity index (χ1) is 9.24. The molecule has 2 rings (SSSR count). The first-order valence-corrected chi connectivity index (χ1v) is 6.90. The number of rotatable bonds is 6. The fourth-order valence-electron chi connectivity index (χ4n) is 1.65. The van der Waals surface area contributed by atoms with Gasteiger partial charge in [-0.15, -0.1) is 11.3 Å². The Morgan fingerprint density at radius 3 is 2.58 bits per heavy atom. The van der Waals surface area contributed by atoms with Crippen LogP contribution in [-0.2, 0) is 6.54 Å². The molecule has 2 aromatic heterocycles. The monoisotopic (exact) mass is 279 g/mol. The van der Waals surface area contributed by atoms with E-state index in [2.05, 4.69) is 25.6 Å². The molecule has 0 atom stereocenters. The van der Waals surface area contributed by atoms with Crippen LogP contribution in [0.3, 0.4) is 0 Å². The fraction of sp³-hybridized carbons (Fsp3) is 0.417. The second kappa shape index (κ2) is 6.33. The van der Waals surface area contributed by atoms with Crippen molar-refractivity contribution >= 4 is 23.0 Å². The molecule has 0 aliphatic rings. The predicted molar refractivity (Wildman–Crippen MR) is 76.9 cm³/mol. The molecule has 0 fully saturated rings. The summed E-state index contributed by atoms with van der Waals surface area (Å²) in [6.07, 6.45) is 1.51. The van der Waals surface area contributed by atoms with E-state index < -0.39 is 0 Å². The molecule has 102 valence electrons. The van der Waals surface area contributed by atoms with Crippen LogP contribution in [-0.4, -0.2) is 28.6 Å². The van der Waals surface area contributed by atoms with Crippen molar-refractivity contribution < 1.29 is 4.74 Å². The summed E-state index contributed by atoms with van der Waals surface area (Å²) in [5.41, 5.74) is 0.994. The zero-order chi connectivity index (χ0) is 13.7. The van der Waals surface area contributed by atoms with Crippen LogP contribution in [0.15, 0.2) is 11.7 Å². The van der Waals surface area contributed by atoms with E-state index in [1.807, 2.05) is 19.2 Å². The molecule has 0 spiro atoms. The van der Waals surface area contributed by atoms with Crippen molar-refractivity contribution in [2.24, 2.45) is 0 Å². The molecule has 0 aliphatic carbocycles. The molecule has 0 unspecified atom stereocenters. The fourth-order valence-corrected chi connectivity index (χ4v) is 2.26. The second-order valence-corrected chi connectivity index (χ2v) is 4.91. The van der Waals surface area contributed by atoms with Crippen molar-refractivity contribution in [2.75, 3.05) is 24.3 Å². The van der Waals surface area contributed by atoms with Crippen LogP contribution in [0.4, 0.5) is 11.6 Å². The SMILES string of the molecule is CCNc1ncnc(NCc2csc(C)n2)c1OC. The Bertz CT molecular complexity index is 543. The van der Waals surface area contributed by atoms with E-state index >= 15 is 0 Å². The molecule has 2 N–H and O–H groups in total. The minimum atomic E-state index is 0.614. The van der Waals surface area contributed by atoms with Gasteiger partial charge in [0, 0.05) is 11.9 Å². The van der Waals surface area contributed by atoms with Crippen LogP contribution >= 0.6 is 11.3 Å². The van der Waals surface area contributed by atoms with Gasteiger partial charge in [0.25, 0.3) is 0 Å². The van der Waals surface area contributed by atoms with Gasteiger partial charge in [0.2, 0.25) is 5.75 Å². The van der Waals surface area contributed by atoms with Gasteiger partial charge in [-0.3, -0.25) is 0 Å². The lowest BCUT2D eigenvalue weighted by atomic mass is 10.4. The highest BCUT2D eigenvalue weighted by molar-refractivity contribution is 7.09. The highest BCUT2D eigenvalue weighted by Gasteiger charge is 2.11. The molecular formula is C12H17N5OS. The first kappa shape index (κ1) is 13.5. The zero-order valence-electron chi connectivity index (χ0n) is 11.2. The number of methoxy groups -OCH3 is 1. The summed E-state index contributed by atoms with van der Waals surface area (Å²) in [5.74, 6) is 1.98. The average Bonchev–Trinajstić information content (AvgIpc) is 2.83. The van der Waals surface area contributed by atoms with Crippen LogP contribution in [0, 0.1) is 6.92 Å². The zero-order valence-corrected chi connectivity index (χ0v) is 12.0. The third-order valence-corrected chi connectivity index (χ3v) is 3.28. The first-order valence-electron chi connectivity index (χ1n) is 6.02. The largest absolute Gasteiger partial charge is 0.490 e. The number of nitrogens with zero attached hydrogens (tertiary/aromatic N) is 3. The van der Waals surface area contributed by atoms with Gasteiger partial charge in [-0.05, 0) is 13.8 Å². The van der Waals surface area contributed by atoms with E-state index in [4.69, 9.17) is 4.74 Å². The normalized spacial score (nSPS) is 10.3. The summed E-state index contributed by atoms with van der Waals surface area (Å²) < 4.78 is 5.35. The van der Waals surface area contributed by atoms with E-state index in [-0.39, 0.29) is 0 Å². The van der Waals surface area contributed by atoms with Crippen LogP contribution < -0.4 is 15.4 Å². The number of nitrogens with one attached hydrogen (secondary N) is 2. The number of ether oxygens (including phenoxy) is 1. The molecule has 19 heavy (non-hydrogen) atoms. The Hall–Kier alpha value is -1.89. The number of aryl methyl sites for hydroxylation is 1. The number of thiazole rings is 1. The van der Waals surface area contributed by atoms with E-state index in [0.29, 0.717) is 23.9 Å². The summed E-state index contributed by atoms with van der Waals surface area (Å²) >= 11 is 1.63. The lowest BCUT2D eigenvalue weighted by molar-refractivity contribution is 0.414. The Balaban J connectivity index is 2.13. The lowest BCUT2D eigenvalue weighted by Gasteiger charge is -2.12. The van der Waals surface area contributed by atoms with E-state index in [0.717, 1.165) is 17.2 Å². The van der Waals surface area contributed by atoms with E-state index in [9.17, 15) is 0 Å². The molecular weight excluding hydrogens is 262 g/mol. The van der Waals surface area contributed by atoms with Crippen molar-refractivity contribution in [3.05, 3.63) is 22.4 Å². The highest BCUT2D eigenvalue weighted by atomic mass is 32.1. The lowest BCUT2D eigenvalue weighted by Crippen LogP contribution is -2.08. The molecule has 2 heterocycles. The summed E-state index contributed by atoms with van der Waals surface area (Å²) in [5, 5.41) is 9.45. The average molecular weight is 279 g/mol. The molecule has 2 aromatic rings. The third-order valence-electron chi connectivity index (χ3n) is 2.46. The minimum Gasteiger partial charge on any atom is -0.490 e. The molecule has 0 amide bonds. The highest BCUT2D eigenvalue weighted by Crippen LogP contribution is 2.29. The van der Waals surface area contributed by atoms with Gasteiger partial charge < -0.3 is 15.4 Å². The molecule has 0 radical (unpaired) electrons. The molecule has 0 aromatic carbocycles. The maximum absolute atomic E-state index is 5.35. The van der Waals surface area contributed by atoms with Crippen molar-refractivity contribution in [3.8, 4) is 5.75 Å². The van der Waals surface area contributed by atoms with E-state index in [1.165, 1.54) is 6.33 Å². The van der Waals surface area contributed by atoms with E-state index in [1.54, 1.807) is 18.4 Å². The number of hydrogen-bond donors (Lipinski definition) is 2. The van der Waals surface area contributed by atoms with Gasteiger partial charge in [-0.25, -0.2) is 15.0 Å². The summed E-state index contributed by atoms with van der Waals surface area (Å²) in [7, 11) is 1.61. The molecule has 7 heteroatoms. The maximum Gasteiger partial charge on any atom is 0.204 e. The van der Waals surface area contributed by atoms with Gasteiger partial charge in [0.1, 0.15) is 6.33 Å². The predicted octanol–water partition coefficient (Wildman–Crippen LogP) is 2.29. The number of aromatic nitrogens is 3. The second-order valence-electron chi connectivity index (χ2n) is 3.85. The van der Waals surface area contributed by atoms with Crippen LogP contribution in [0.5, 0.6) is 5.75 Å². The van der Waals surface area contributed by atoms with Crippen molar-refractivity contribution in [2.45, 2.75) is 20.4 Å². The van der Waals surface area contributed by atoms with Crippen LogP contribution in [0.25, 0.3) is 0 Å². The van der Waals surface area contributed by atoms with Crippen molar-refractivity contribution in [1.82, 2.24) is 15.0 Å². The Labute approximate surface area is 116 Å². The Morgan fingerprint density at radius 2 is 2.00 bits per heavy atom. The standard InChI is InChI=1S/C12H17N5OS/c1-4-13-11-10(18-3)12(16-7-15-11)14-5-9-6-19-8(2)17-9/h6-7H,4-5H2,1-3H3,(H2,13,14,15,16). The molecule has 6 nitrogen and oxygen atoms in total. The molecule has 0 bridgehead atoms. The van der Waals surface area contributed by atoms with Gasteiger partial charge in [-0.2, -0.15) is 0 Å².